The van der Waals surface area contributed by atoms with Crippen LogP contribution in [0.15, 0.2) is 42.5 Å². The SMILES string of the molecule is COc1ccc(CC(=O)N[C@H](c2nc3ccccc3[nH]2)C(C)C)cc1F. The molecule has 1 amide bonds. The summed E-state index contributed by atoms with van der Waals surface area (Å²) in [6.07, 6.45) is 0.0877. The van der Waals surface area contributed by atoms with Crippen molar-refractivity contribution in [3.63, 3.8) is 0 Å². The Morgan fingerprint density at radius 3 is 2.69 bits per heavy atom. The van der Waals surface area contributed by atoms with Crippen molar-refractivity contribution in [2.45, 2.75) is 26.3 Å². The predicted octanol–water partition coefficient (Wildman–Crippen LogP) is 3.77. The highest BCUT2D eigenvalue weighted by atomic mass is 19.1. The number of aromatic nitrogens is 2. The molecule has 6 heteroatoms. The molecule has 0 aliphatic heterocycles. The van der Waals surface area contributed by atoms with Gasteiger partial charge in [-0.2, -0.15) is 0 Å². The highest BCUT2D eigenvalue weighted by Crippen LogP contribution is 2.23. The molecule has 136 valence electrons. The fraction of sp³-hybridized carbons (Fsp3) is 0.300. The van der Waals surface area contributed by atoms with E-state index < -0.39 is 5.82 Å². The molecule has 0 radical (unpaired) electrons. The van der Waals surface area contributed by atoms with Crippen LogP contribution in [-0.4, -0.2) is 23.0 Å². The largest absolute Gasteiger partial charge is 0.494 e. The first-order chi connectivity index (χ1) is 12.5. The second-order valence-electron chi connectivity index (χ2n) is 6.57. The Morgan fingerprint density at radius 2 is 2.04 bits per heavy atom. The van der Waals surface area contributed by atoms with Crippen LogP contribution in [0, 0.1) is 11.7 Å². The molecular formula is C20H22FN3O2. The number of amides is 1. The first-order valence-corrected chi connectivity index (χ1v) is 8.54. The molecule has 0 fully saturated rings. The third-order valence-corrected chi connectivity index (χ3v) is 4.27. The summed E-state index contributed by atoms with van der Waals surface area (Å²) < 4.78 is 18.7. The van der Waals surface area contributed by atoms with Gasteiger partial charge in [-0.05, 0) is 35.7 Å². The molecule has 0 bridgehead atoms. The number of carbonyl (C=O) groups excluding carboxylic acids is 1. The number of fused-ring (bicyclic) bond motifs is 1. The molecule has 1 atom stereocenters. The van der Waals surface area contributed by atoms with Crippen molar-refractivity contribution in [3.05, 3.63) is 59.7 Å². The second-order valence-corrected chi connectivity index (χ2v) is 6.57. The summed E-state index contributed by atoms with van der Waals surface area (Å²) >= 11 is 0. The van der Waals surface area contributed by atoms with Gasteiger partial charge in [0.15, 0.2) is 11.6 Å². The molecule has 0 aliphatic rings. The number of imidazole rings is 1. The van der Waals surface area contributed by atoms with Gasteiger partial charge in [0.05, 0.1) is 30.6 Å². The number of carbonyl (C=O) groups is 1. The Bertz CT molecular complexity index is 887. The van der Waals surface area contributed by atoms with Gasteiger partial charge in [0, 0.05) is 0 Å². The van der Waals surface area contributed by atoms with Crippen molar-refractivity contribution in [1.82, 2.24) is 15.3 Å². The van der Waals surface area contributed by atoms with Crippen LogP contribution in [0.2, 0.25) is 0 Å². The summed E-state index contributed by atoms with van der Waals surface area (Å²) in [7, 11) is 1.41. The van der Waals surface area contributed by atoms with Gasteiger partial charge in [0.1, 0.15) is 5.82 Å². The minimum atomic E-state index is -0.476. The molecular weight excluding hydrogens is 333 g/mol. The van der Waals surface area contributed by atoms with Crippen molar-refractivity contribution in [2.24, 2.45) is 5.92 Å². The van der Waals surface area contributed by atoms with Crippen LogP contribution < -0.4 is 10.1 Å². The molecule has 3 rings (SSSR count). The Kier molecular flexibility index (Phi) is 5.21. The van der Waals surface area contributed by atoms with E-state index in [1.54, 1.807) is 6.07 Å². The summed E-state index contributed by atoms with van der Waals surface area (Å²) in [5.74, 6) is 0.364. The Morgan fingerprint density at radius 1 is 1.27 bits per heavy atom. The lowest BCUT2D eigenvalue weighted by Crippen LogP contribution is -2.33. The van der Waals surface area contributed by atoms with Crippen molar-refractivity contribution in [2.75, 3.05) is 7.11 Å². The average Bonchev–Trinajstić information content (AvgIpc) is 3.03. The average molecular weight is 355 g/mol. The number of H-pyrrole nitrogens is 1. The van der Waals surface area contributed by atoms with Crippen LogP contribution in [0.5, 0.6) is 5.75 Å². The van der Waals surface area contributed by atoms with Gasteiger partial charge in [-0.15, -0.1) is 0 Å². The van der Waals surface area contributed by atoms with Crippen LogP contribution in [0.4, 0.5) is 4.39 Å². The number of benzene rings is 2. The number of methoxy groups -OCH3 is 1. The summed E-state index contributed by atoms with van der Waals surface area (Å²) in [4.78, 5) is 20.3. The number of hydrogen-bond donors (Lipinski definition) is 2. The smallest absolute Gasteiger partial charge is 0.225 e. The van der Waals surface area contributed by atoms with Gasteiger partial charge in [0.2, 0.25) is 5.91 Å². The van der Waals surface area contributed by atoms with Crippen LogP contribution in [0.3, 0.4) is 0 Å². The molecule has 26 heavy (non-hydrogen) atoms. The first kappa shape index (κ1) is 17.9. The van der Waals surface area contributed by atoms with Crippen molar-refractivity contribution in [3.8, 4) is 5.75 Å². The summed E-state index contributed by atoms with van der Waals surface area (Å²) in [6, 6.07) is 12.0. The number of para-hydroxylation sites is 2. The quantitative estimate of drug-likeness (QED) is 0.707. The molecule has 5 nitrogen and oxygen atoms in total. The van der Waals surface area contributed by atoms with Gasteiger partial charge in [-0.25, -0.2) is 9.37 Å². The maximum absolute atomic E-state index is 13.8. The Hall–Kier alpha value is -2.89. The molecule has 0 saturated carbocycles. The number of halogens is 1. The third kappa shape index (κ3) is 3.85. The molecule has 2 N–H and O–H groups in total. The monoisotopic (exact) mass is 355 g/mol. The second kappa shape index (κ2) is 7.56. The number of rotatable bonds is 6. The molecule has 0 spiro atoms. The van der Waals surface area contributed by atoms with Gasteiger partial charge in [-0.3, -0.25) is 4.79 Å². The molecule has 0 saturated heterocycles. The number of nitrogens with zero attached hydrogens (tertiary/aromatic N) is 1. The van der Waals surface area contributed by atoms with E-state index in [0.29, 0.717) is 5.56 Å². The first-order valence-electron chi connectivity index (χ1n) is 8.54. The van der Waals surface area contributed by atoms with Crippen LogP contribution in [-0.2, 0) is 11.2 Å². The predicted molar refractivity (Wildman–Crippen MR) is 98.5 cm³/mol. The fourth-order valence-corrected chi connectivity index (χ4v) is 2.90. The van der Waals surface area contributed by atoms with E-state index in [0.717, 1.165) is 16.9 Å². The molecule has 2 aromatic carbocycles. The zero-order valence-electron chi connectivity index (χ0n) is 15.0. The van der Waals surface area contributed by atoms with E-state index in [1.807, 2.05) is 38.1 Å². The van der Waals surface area contributed by atoms with E-state index in [-0.39, 0.29) is 30.0 Å². The number of aromatic amines is 1. The number of ether oxygens (including phenoxy) is 1. The van der Waals surface area contributed by atoms with E-state index >= 15 is 0 Å². The van der Waals surface area contributed by atoms with E-state index in [4.69, 9.17) is 4.74 Å². The minimum Gasteiger partial charge on any atom is -0.494 e. The van der Waals surface area contributed by atoms with Crippen molar-refractivity contribution < 1.29 is 13.9 Å². The zero-order valence-corrected chi connectivity index (χ0v) is 15.0. The standard InChI is InChI=1S/C20H22FN3O2/c1-12(2)19(20-22-15-6-4-5-7-16(15)23-20)24-18(25)11-13-8-9-17(26-3)14(21)10-13/h4-10,12,19H,11H2,1-3H3,(H,22,23)(H,24,25)/t19-/m0/s1. The normalized spacial score (nSPS) is 12.3. The summed E-state index contributed by atoms with van der Waals surface area (Å²) in [6.45, 7) is 4.04. The Labute approximate surface area is 151 Å². The minimum absolute atomic E-state index is 0.0877. The summed E-state index contributed by atoms with van der Waals surface area (Å²) in [5.41, 5.74) is 2.38. The highest BCUT2D eigenvalue weighted by Gasteiger charge is 2.22. The fourth-order valence-electron chi connectivity index (χ4n) is 2.90. The molecule has 3 aromatic rings. The topological polar surface area (TPSA) is 67.0 Å². The van der Waals surface area contributed by atoms with Gasteiger partial charge < -0.3 is 15.0 Å². The number of nitrogens with one attached hydrogen (secondary N) is 2. The van der Waals surface area contributed by atoms with E-state index in [1.165, 1.54) is 19.2 Å². The maximum atomic E-state index is 13.8. The lowest BCUT2D eigenvalue weighted by Gasteiger charge is -2.20. The van der Waals surface area contributed by atoms with Crippen LogP contribution in [0.25, 0.3) is 11.0 Å². The zero-order chi connectivity index (χ0) is 18.7. The summed E-state index contributed by atoms with van der Waals surface area (Å²) in [5, 5.41) is 3.00. The molecule has 0 unspecified atom stereocenters. The lowest BCUT2D eigenvalue weighted by atomic mass is 10.0. The van der Waals surface area contributed by atoms with Crippen molar-refractivity contribution >= 4 is 16.9 Å². The van der Waals surface area contributed by atoms with Crippen LogP contribution >= 0.6 is 0 Å². The maximum Gasteiger partial charge on any atom is 0.225 e. The highest BCUT2D eigenvalue weighted by molar-refractivity contribution is 5.79. The molecule has 1 aromatic heterocycles. The number of hydrogen-bond acceptors (Lipinski definition) is 3. The van der Waals surface area contributed by atoms with E-state index in [9.17, 15) is 9.18 Å². The lowest BCUT2D eigenvalue weighted by molar-refractivity contribution is -0.121. The van der Waals surface area contributed by atoms with Gasteiger partial charge >= 0.3 is 0 Å². The van der Waals surface area contributed by atoms with E-state index in [2.05, 4.69) is 15.3 Å². The van der Waals surface area contributed by atoms with Crippen LogP contribution in [0.1, 0.15) is 31.3 Å². The third-order valence-electron chi connectivity index (χ3n) is 4.27. The Balaban J connectivity index is 1.75. The van der Waals surface area contributed by atoms with Crippen molar-refractivity contribution in [1.29, 1.82) is 0 Å². The van der Waals surface area contributed by atoms with Gasteiger partial charge in [0.25, 0.3) is 0 Å². The van der Waals surface area contributed by atoms with Gasteiger partial charge in [-0.1, -0.05) is 32.0 Å². The molecule has 1 heterocycles. The molecule has 0 aliphatic carbocycles.